The molecule has 1 aliphatic rings. The molecule has 0 radical (unpaired) electrons. The molecule has 0 heterocycles. The van der Waals surface area contributed by atoms with Crippen LogP contribution in [-0.2, 0) is 14.6 Å². The third-order valence-electron chi connectivity index (χ3n) is 2.92. The van der Waals surface area contributed by atoms with Crippen LogP contribution in [0.25, 0.3) is 0 Å². The first kappa shape index (κ1) is 11.1. The third kappa shape index (κ3) is 1.82. The van der Waals surface area contributed by atoms with E-state index in [-0.39, 0.29) is 0 Å². The van der Waals surface area contributed by atoms with Gasteiger partial charge in [0.2, 0.25) is 0 Å². The van der Waals surface area contributed by atoms with E-state index in [9.17, 15) is 13.2 Å². The Balaban J connectivity index is 2.34. The van der Waals surface area contributed by atoms with Gasteiger partial charge in [-0.05, 0) is 5.56 Å². The van der Waals surface area contributed by atoms with Crippen LogP contribution in [0.4, 0.5) is 0 Å². The summed E-state index contributed by atoms with van der Waals surface area (Å²) in [5, 5.41) is 8.18. The summed E-state index contributed by atoms with van der Waals surface area (Å²) in [6, 6.07) is 8.92. The molecule has 0 aliphatic heterocycles. The molecule has 16 heavy (non-hydrogen) atoms. The molecule has 2 rings (SSSR count). The van der Waals surface area contributed by atoms with Crippen LogP contribution in [0.1, 0.15) is 11.5 Å². The van der Waals surface area contributed by atoms with Gasteiger partial charge < -0.3 is 5.11 Å². The Morgan fingerprint density at radius 1 is 1.25 bits per heavy atom. The third-order valence-corrected chi connectivity index (χ3v) is 4.49. The minimum atomic E-state index is -3.30. The van der Waals surface area contributed by atoms with Gasteiger partial charge in [-0.2, -0.15) is 0 Å². The highest BCUT2D eigenvalue weighted by molar-refractivity contribution is 7.91. The molecule has 1 saturated carbocycles. The van der Waals surface area contributed by atoms with Crippen LogP contribution in [0.15, 0.2) is 30.3 Å². The molecule has 4 nitrogen and oxygen atoms in total. The van der Waals surface area contributed by atoms with Gasteiger partial charge in [0.15, 0.2) is 9.84 Å². The standard InChI is InChI=1S/C11H12O4S/c1-16(14,15)10-8(9(10)11(12)13)7-5-3-2-4-6-7/h2-6,8-10H,1H3,(H,12,13). The van der Waals surface area contributed by atoms with Crippen molar-refractivity contribution in [2.24, 2.45) is 5.92 Å². The molecule has 3 atom stereocenters. The van der Waals surface area contributed by atoms with Crippen molar-refractivity contribution in [2.75, 3.05) is 6.26 Å². The van der Waals surface area contributed by atoms with Crippen molar-refractivity contribution in [1.82, 2.24) is 0 Å². The van der Waals surface area contributed by atoms with Crippen LogP contribution < -0.4 is 0 Å². The molecule has 0 saturated heterocycles. The van der Waals surface area contributed by atoms with E-state index in [0.29, 0.717) is 0 Å². The highest BCUT2D eigenvalue weighted by Gasteiger charge is 2.61. The van der Waals surface area contributed by atoms with Crippen molar-refractivity contribution < 1.29 is 18.3 Å². The lowest BCUT2D eigenvalue weighted by Crippen LogP contribution is -2.10. The second-order valence-electron chi connectivity index (χ2n) is 4.09. The maximum Gasteiger partial charge on any atom is 0.308 e. The molecule has 86 valence electrons. The zero-order valence-corrected chi connectivity index (χ0v) is 9.52. The molecule has 1 fully saturated rings. The number of benzene rings is 1. The summed E-state index contributed by atoms with van der Waals surface area (Å²) >= 11 is 0. The van der Waals surface area contributed by atoms with E-state index < -0.39 is 32.9 Å². The molecular formula is C11H12O4S. The van der Waals surface area contributed by atoms with E-state index in [0.717, 1.165) is 11.8 Å². The van der Waals surface area contributed by atoms with Crippen LogP contribution in [0.3, 0.4) is 0 Å². The van der Waals surface area contributed by atoms with Crippen molar-refractivity contribution in [3.05, 3.63) is 35.9 Å². The van der Waals surface area contributed by atoms with Crippen molar-refractivity contribution in [3.8, 4) is 0 Å². The number of carbonyl (C=O) groups is 1. The minimum absolute atomic E-state index is 0.395. The van der Waals surface area contributed by atoms with Crippen molar-refractivity contribution in [3.63, 3.8) is 0 Å². The molecular weight excluding hydrogens is 228 g/mol. The number of sulfone groups is 1. The molecule has 3 unspecified atom stereocenters. The van der Waals surface area contributed by atoms with E-state index in [1.165, 1.54) is 0 Å². The second kappa shape index (κ2) is 3.59. The van der Waals surface area contributed by atoms with E-state index in [1.54, 1.807) is 24.3 Å². The van der Waals surface area contributed by atoms with Crippen molar-refractivity contribution >= 4 is 15.8 Å². The summed E-state index contributed by atoms with van der Waals surface area (Å²) in [6.45, 7) is 0. The molecule has 0 aromatic heterocycles. The number of hydrogen-bond acceptors (Lipinski definition) is 3. The normalized spacial score (nSPS) is 28.7. The smallest absolute Gasteiger partial charge is 0.308 e. The van der Waals surface area contributed by atoms with E-state index in [4.69, 9.17) is 5.11 Å². The summed E-state index contributed by atoms with van der Waals surface area (Å²) < 4.78 is 22.9. The lowest BCUT2D eigenvalue weighted by Gasteiger charge is -1.97. The average Bonchev–Trinajstić information content (AvgIpc) is 2.93. The molecule has 1 aromatic rings. The zero-order valence-electron chi connectivity index (χ0n) is 8.70. The zero-order chi connectivity index (χ0) is 11.9. The fourth-order valence-electron chi connectivity index (χ4n) is 2.18. The van der Waals surface area contributed by atoms with Gasteiger partial charge in [0.25, 0.3) is 0 Å². The Morgan fingerprint density at radius 2 is 1.81 bits per heavy atom. The van der Waals surface area contributed by atoms with Crippen LogP contribution >= 0.6 is 0 Å². The summed E-state index contributed by atoms with van der Waals surface area (Å²) in [5.74, 6) is -2.23. The lowest BCUT2D eigenvalue weighted by atomic mass is 10.1. The van der Waals surface area contributed by atoms with Crippen LogP contribution in [0.2, 0.25) is 0 Å². The summed E-state index contributed by atoms with van der Waals surface area (Å²) in [6.07, 6.45) is 1.09. The van der Waals surface area contributed by atoms with Crippen molar-refractivity contribution in [1.29, 1.82) is 0 Å². The number of carboxylic acid groups (broad SMARTS) is 1. The maximum absolute atomic E-state index is 11.4. The lowest BCUT2D eigenvalue weighted by molar-refractivity contribution is -0.138. The second-order valence-corrected chi connectivity index (χ2v) is 6.30. The quantitative estimate of drug-likeness (QED) is 0.852. The first-order valence-corrected chi connectivity index (χ1v) is 6.85. The molecule has 0 spiro atoms. The van der Waals surface area contributed by atoms with E-state index in [2.05, 4.69) is 0 Å². The van der Waals surface area contributed by atoms with Crippen LogP contribution in [0.5, 0.6) is 0 Å². The first-order chi connectivity index (χ1) is 7.43. The Morgan fingerprint density at radius 3 is 2.19 bits per heavy atom. The average molecular weight is 240 g/mol. The Labute approximate surface area is 93.8 Å². The Kier molecular flexibility index (Phi) is 2.50. The topological polar surface area (TPSA) is 71.4 Å². The molecule has 0 amide bonds. The number of carboxylic acids is 1. The van der Waals surface area contributed by atoms with Gasteiger partial charge in [0.1, 0.15) is 0 Å². The molecule has 1 N–H and O–H groups in total. The van der Waals surface area contributed by atoms with E-state index in [1.807, 2.05) is 6.07 Å². The highest BCUT2D eigenvalue weighted by atomic mass is 32.2. The fourth-order valence-corrected chi connectivity index (χ4v) is 3.77. The molecule has 1 aliphatic carbocycles. The molecule has 1 aromatic carbocycles. The first-order valence-electron chi connectivity index (χ1n) is 4.89. The van der Waals surface area contributed by atoms with Crippen LogP contribution in [0, 0.1) is 5.92 Å². The fraction of sp³-hybridized carbons (Fsp3) is 0.364. The Hall–Kier alpha value is -1.36. The highest BCUT2D eigenvalue weighted by Crippen LogP contribution is 2.52. The SMILES string of the molecule is CS(=O)(=O)C1C(C(=O)O)C1c1ccccc1. The summed E-state index contributed by atoms with van der Waals surface area (Å²) in [7, 11) is -3.30. The van der Waals surface area contributed by atoms with Gasteiger partial charge in [0, 0.05) is 12.2 Å². The van der Waals surface area contributed by atoms with Crippen molar-refractivity contribution in [2.45, 2.75) is 11.2 Å². The van der Waals surface area contributed by atoms with Crippen LogP contribution in [-0.4, -0.2) is 31.0 Å². The maximum atomic E-state index is 11.4. The van der Waals surface area contributed by atoms with Gasteiger partial charge >= 0.3 is 5.97 Å². The predicted molar refractivity (Wildman–Crippen MR) is 58.9 cm³/mol. The Bertz CT molecular complexity index is 506. The van der Waals surface area contributed by atoms with Gasteiger partial charge in [0.05, 0.1) is 11.2 Å². The summed E-state index contributed by atoms with van der Waals surface area (Å²) in [5.41, 5.74) is 0.783. The summed E-state index contributed by atoms with van der Waals surface area (Å²) in [4.78, 5) is 10.9. The largest absolute Gasteiger partial charge is 0.481 e. The number of rotatable bonds is 3. The number of hydrogen-bond donors (Lipinski definition) is 1. The monoisotopic (exact) mass is 240 g/mol. The molecule has 0 bridgehead atoms. The van der Waals surface area contributed by atoms with Gasteiger partial charge in [-0.3, -0.25) is 4.79 Å². The molecule has 5 heteroatoms. The van der Waals surface area contributed by atoms with Gasteiger partial charge in [-0.1, -0.05) is 30.3 Å². The number of aliphatic carboxylic acids is 1. The predicted octanol–water partition coefficient (Wildman–Crippen LogP) is 0.898. The van der Waals surface area contributed by atoms with Gasteiger partial charge in [-0.15, -0.1) is 0 Å². The minimum Gasteiger partial charge on any atom is -0.481 e. The van der Waals surface area contributed by atoms with E-state index >= 15 is 0 Å². The van der Waals surface area contributed by atoms with Gasteiger partial charge in [-0.25, -0.2) is 8.42 Å².